The van der Waals surface area contributed by atoms with Gasteiger partial charge in [0.05, 0.1) is 18.5 Å². The highest BCUT2D eigenvalue weighted by Crippen LogP contribution is 2.38. The quantitative estimate of drug-likeness (QED) is 0.777. The monoisotopic (exact) mass is 359 g/mol. The minimum atomic E-state index is -0.842. The third kappa shape index (κ3) is 3.51. The van der Waals surface area contributed by atoms with Gasteiger partial charge in [0, 0.05) is 19.0 Å². The zero-order valence-electron chi connectivity index (χ0n) is 14.9. The highest BCUT2D eigenvalue weighted by Gasteiger charge is 2.28. The first kappa shape index (κ1) is 17.8. The lowest BCUT2D eigenvalue weighted by Gasteiger charge is -2.15. The minimum Gasteiger partial charge on any atom is -0.462 e. The maximum atomic E-state index is 12.6. The molecule has 1 fully saturated rings. The van der Waals surface area contributed by atoms with Crippen molar-refractivity contribution in [2.45, 2.75) is 38.6 Å². The summed E-state index contributed by atoms with van der Waals surface area (Å²) < 4.78 is 7.50. The summed E-state index contributed by atoms with van der Waals surface area (Å²) in [6.45, 7) is 3.49. The molecule has 0 radical (unpaired) electrons. The van der Waals surface area contributed by atoms with Crippen molar-refractivity contribution in [2.24, 2.45) is 7.05 Å². The number of esters is 1. The molecule has 1 aliphatic rings. The van der Waals surface area contributed by atoms with E-state index in [2.05, 4.69) is 15.5 Å². The number of carbonyl (C=O) groups excluding carboxylic acids is 2. The molecular formula is C17H21N5O4. The van der Waals surface area contributed by atoms with Crippen molar-refractivity contribution in [3.05, 3.63) is 39.9 Å². The van der Waals surface area contributed by atoms with Crippen LogP contribution in [0.1, 0.15) is 54.7 Å². The summed E-state index contributed by atoms with van der Waals surface area (Å²) in [5, 5.41) is 11.0. The molecule has 2 heterocycles. The zero-order chi connectivity index (χ0) is 18.8. The average molecular weight is 359 g/mol. The number of carbonyl (C=O) groups is 2. The Labute approximate surface area is 150 Å². The lowest BCUT2D eigenvalue weighted by molar-refractivity contribution is -0.119. The average Bonchev–Trinajstić information content (AvgIpc) is 3.40. The highest BCUT2D eigenvalue weighted by molar-refractivity contribution is 6.01. The van der Waals surface area contributed by atoms with Crippen LogP contribution in [0, 0.1) is 0 Å². The molecule has 0 aromatic carbocycles. The summed E-state index contributed by atoms with van der Waals surface area (Å²) >= 11 is 0. The smallest absolute Gasteiger partial charge is 0.343 e. The van der Waals surface area contributed by atoms with Gasteiger partial charge in [0.15, 0.2) is 0 Å². The lowest BCUT2D eigenvalue weighted by atomic mass is 10.2. The van der Waals surface area contributed by atoms with Crippen molar-refractivity contribution in [3.63, 3.8) is 0 Å². The molecule has 9 nitrogen and oxygen atoms in total. The van der Waals surface area contributed by atoms with Crippen LogP contribution in [0.3, 0.4) is 0 Å². The molecule has 1 saturated carbocycles. The van der Waals surface area contributed by atoms with Gasteiger partial charge in [-0.05, 0) is 32.8 Å². The molecular weight excluding hydrogens is 338 g/mol. The van der Waals surface area contributed by atoms with Crippen LogP contribution in [0.2, 0.25) is 0 Å². The molecule has 1 N–H and O–H groups in total. The fourth-order valence-electron chi connectivity index (χ4n) is 2.59. The van der Waals surface area contributed by atoms with Crippen molar-refractivity contribution in [1.29, 1.82) is 0 Å². The molecule has 138 valence electrons. The highest BCUT2D eigenvalue weighted by atomic mass is 16.5. The molecule has 2 aromatic rings. The first-order chi connectivity index (χ1) is 12.4. The first-order valence-corrected chi connectivity index (χ1v) is 8.52. The molecule has 2 aromatic heterocycles. The maximum absolute atomic E-state index is 12.6. The number of hydrogen-bond acceptors (Lipinski definition) is 6. The van der Waals surface area contributed by atoms with E-state index in [1.54, 1.807) is 27.0 Å². The van der Waals surface area contributed by atoms with Crippen LogP contribution in [0.5, 0.6) is 0 Å². The largest absolute Gasteiger partial charge is 0.462 e. The normalized spacial score (nSPS) is 14.7. The standard InChI is InChI=1S/C17H21N5O4/c1-4-26-17(25)12-9-18-21(3)15(12)19-16(24)10(2)22-14(23)8-7-13(20-22)11-5-6-11/h7-11H,4-6H2,1-3H3,(H,19,24). The molecule has 3 rings (SSSR count). The fraction of sp³-hybridized carbons (Fsp3) is 0.471. The van der Waals surface area contributed by atoms with Gasteiger partial charge in [-0.3, -0.25) is 14.3 Å². The summed E-state index contributed by atoms with van der Waals surface area (Å²) in [6, 6.07) is 2.30. The third-order valence-corrected chi connectivity index (χ3v) is 4.26. The topological polar surface area (TPSA) is 108 Å². The summed E-state index contributed by atoms with van der Waals surface area (Å²) in [5.74, 6) is -0.465. The molecule has 0 aliphatic heterocycles. The molecule has 26 heavy (non-hydrogen) atoms. The second-order valence-electron chi connectivity index (χ2n) is 6.23. The van der Waals surface area contributed by atoms with Gasteiger partial charge < -0.3 is 10.1 Å². The van der Waals surface area contributed by atoms with E-state index < -0.39 is 17.9 Å². The van der Waals surface area contributed by atoms with E-state index in [1.807, 2.05) is 0 Å². The molecule has 0 spiro atoms. The van der Waals surface area contributed by atoms with Crippen molar-refractivity contribution < 1.29 is 14.3 Å². The lowest BCUT2D eigenvalue weighted by Crippen LogP contribution is -2.34. The van der Waals surface area contributed by atoms with Crippen LogP contribution < -0.4 is 10.9 Å². The van der Waals surface area contributed by atoms with Crippen molar-refractivity contribution >= 4 is 17.7 Å². The van der Waals surface area contributed by atoms with E-state index in [4.69, 9.17) is 4.74 Å². The second kappa shape index (κ2) is 7.11. The van der Waals surface area contributed by atoms with E-state index in [-0.39, 0.29) is 23.5 Å². The number of nitrogens with one attached hydrogen (secondary N) is 1. The predicted octanol–water partition coefficient (Wildman–Crippen LogP) is 1.23. The predicted molar refractivity (Wildman–Crippen MR) is 93.0 cm³/mol. The Hall–Kier alpha value is -2.97. The van der Waals surface area contributed by atoms with Crippen LogP contribution in [0.25, 0.3) is 0 Å². The SMILES string of the molecule is CCOC(=O)c1cnn(C)c1NC(=O)C(C)n1nc(C2CC2)ccc1=O. The molecule has 1 atom stereocenters. The third-order valence-electron chi connectivity index (χ3n) is 4.26. The number of rotatable bonds is 6. The van der Waals surface area contributed by atoms with E-state index in [9.17, 15) is 14.4 Å². The van der Waals surface area contributed by atoms with Gasteiger partial charge in [0.25, 0.3) is 5.56 Å². The fourth-order valence-corrected chi connectivity index (χ4v) is 2.59. The maximum Gasteiger partial charge on any atom is 0.343 e. The summed E-state index contributed by atoms with van der Waals surface area (Å²) in [4.78, 5) is 36.7. The molecule has 1 amide bonds. The van der Waals surface area contributed by atoms with Crippen LogP contribution >= 0.6 is 0 Å². The van der Waals surface area contributed by atoms with Crippen LogP contribution in [0.15, 0.2) is 23.1 Å². The van der Waals surface area contributed by atoms with E-state index in [0.717, 1.165) is 18.5 Å². The Kier molecular flexibility index (Phi) is 4.88. The molecule has 1 unspecified atom stereocenters. The van der Waals surface area contributed by atoms with Gasteiger partial charge in [-0.1, -0.05) is 0 Å². The summed E-state index contributed by atoms with van der Waals surface area (Å²) in [5.41, 5.74) is 0.617. The van der Waals surface area contributed by atoms with E-state index >= 15 is 0 Å². The van der Waals surface area contributed by atoms with Gasteiger partial charge in [-0.25, -0.2) is 9.48 Å². The first-order valence-electron chi connectivity index (χ1n) is 8.52. The Balaban J connectivity index is 1.82. The van der Waals surface area contributed by atoms with Crippen LogP contribution in [-0.4, -0.2) is 38.0 Å². The van der Waals surface area contributed by atoms with Gasteiger partial charge >= 0.3 is 5.97 Å². The number of amides is 1. The van der Waals surface area contributed by atoms with Crippen molar-refractivity contribution in [1.82, 2.24) is 19.6 Å². The zero-order valence-corrected chi connectivity index (χ0v) is 14.9. The Morgan fingerprint density at radius 1 is 1.38 bits per heavy atom. The van der Waals surface area contributed by atoms with Crippen molar-refractivity contribution in [2.75, 3.05) is 11.9 Å². The molecule has 0 bridgehead atoms. The molecule has 1 aliphatic carbocycles. The Morgan fingerprint density at radius 2 is 2.12 bits per heavy atom. The number of ether oxygens (including phenoxy) is 1. The molecule has 0 saturated heterocycles. The van der Waals surface area contributed by atoms with Crippen molar-refractivity contribution in [3.8, 4) is 0 Å². The minimum absolute atomic E-state index is 0.155. The number of anilines is 1. The van der Waals surface area contributed by atoms with Crippen LogP contribution in [-0.2, 0) is 16.6 Å². The second-order valence-corrected chi connectivity index (χ2v) is 6.23. The van der Waals surface area contributed by atoms with Gasteiger partial charge in [0.1, 0.15) is 17.4 Å². The molecule has 9 heteroatoms. The summed E-state index contributed by atoms with van der Waals surface area (Å²) in [6.07, 6.45) is 3.42. The Bertz CT molecular complexity index is 897. The number of aryl methyl sites for hydroxylation is 1. The number of nitrogens with zero attached hydrogens (tertiary/aromatic N) is 4. The van der Waals surface area contributed by atoms with Gasteiger partial charge in [0.2, 0.25) is 5.91 Å². The summed E-state index contributed by atoms with van der Waals surface area (Å²) in [7, 11) is 1.60. The Morgan fingerprint density at radius 3 is 2.77 bits per heavy atom. The van der Waals surface area contributed by atoms with E-state index in [0.29, 0.717) is 5.92 Å². The number of hydrogen-bond donors (Lipinski definition) is 1. The van der Waals surface area contributed by atoms with Gasteiger partial charge in [-0.2, -0.15) is 10.2 Å². The number of aromatic nitrogens is 4. The van der Waals surface area contributed by atoms with Crippen LogP contribution in [0.4, 0.5) is 5.82 Å². The van der Waals surface area contributed by atoms with Gasteiger partial charge in [-0.15, -0.1) is 0 Å². The van der Waals surface area contributed by atoms with E-state index in [1.165, 1.54) is 21.6 Å².